The molecule has 0 aliphatic heterocycles. The molecule has 0 aliphatic rings. The Kier molecular flexibility index (Phi) is 7.88. The van der Waals surface area contributed by atoms with Crippen molar-refractivity contribution in [3.63, 3.8) is 0 Å². The van der Waals surface area contributed by atoms with Crippen molar-refractivity contribution in [3.05, 3.63) is 47.3 Å². The highest BCUT2D eigenvalue weighted by Crippen LogP contribution is 2.09. The summed E-state index contributed by atoms with van der Waals surface area (Å²) in [4.78, 5) is 0. The van der Waals surface area contributed by atoms with Crippen molar-refractivity contribution in [1.29, 1.82) is 0 Å². The fourth-order valence-corrected chi connectivity index (χ4v) is 2.09. The zero-order valence-corrected chi connectivity index (χ0v) is 14.8. The minimum atomic E-state index is 0.314. The summed E-state index contributed by atoms with van der Waals surface area (Å²) in [6, 6.07) is 8.57. The van der Waals surface area contributed by atoms with Crippen LogP contribution in [0.15, 0.2) is 30.5 Å². The fourth-order valence-electron chi connectivity index (χ4n) is 2.09. The summed E-state index contributed by atoms with van der Waals surface area (Å²) in [6.45, 7) is 9.74. The smallest absolute Gasteiger partial charge is 0.108 e. The Bertz CT molecular complexity index is 581. The van der Waals surface area contributed by atoms with Crippen molar-refractivity contribution in [2.45, 2.75) is 46.6 Å². The van der Waals surface area contributed by atoms with E-state index in [2.05, 4.69) is 48.4 Å². The first-order valence-corrected chi connectivity index (χ1v) is 8.40. The fraction of sp³-hybridized carbons (Fsp3) is 0.556. The molecule has 132 valence electrons. The maximum absolute atomic E-state index is 5.70. The van der Waals surface area contributed by atoms with Gasteiger partial charge in [0.1, 0.15) is 5.69 Å². The van der Waals surface area contributed by atoms with E-state index in [1.54, 1.807) is 0 Å². The standard InChI is InChI=1S/C18H27N3O3/c1-4-22-9-10-23-12-16-5-7-17(8-6-16)13-24-14-18-11-21(15(2)3)20-19-18/h5-8,11,15H,4,9-10,12-14H2,1-3H3. The van der Waals surface area contributed by atoms with E-state index in [1.807, 2.05) is 17.8 Å². The zero-order valence-electron chi connectivity index (χ0n) is 14.8. The van der Waals surface area contributed by atoms with Crippen LogP contribution in [0.25, 0.3) is 0 Å². The highest BCUT2D eigenvalue weighted by atomic mass is 16.5. The molecule has 0 radical (unpaired) electrons. The summed E-state index contributed by atoms with van der Waals surface area (Å²) < 4.78 is 18.3. The van der Waals surface area contributed by atoms with Crippen LogP contribution in [0.3, 0.4) is 0 Å². The molecule has 0 amide bonds. The third-order valence-electron chi connectivity index (χ3n) is 3.47. The lowest BCUT2D eigenvalue weighted by Crippen LogP contribution is -2.04. The molecule has 2 aromatic rings. The zero-order chi connectivity index (χ0) is 17.2. The van der Waals surface area contributed by atoms with Crippen LogP contribution in [-0.2, 0) is 34.0 Å². The Hall–Kier alpha value is -1.76. The van der Waals surface area contributed by atoms with Gasteiger partial charge in [-0.25, -0.2) is 4.68 Å². The molecule has 0 saturated heterocycles. The largest absolute Gasteiger partial charge is 0.379 e. The van der Waals surface area contributed by atoms with Gasteiger partial charge in [-0.1, -0.05) is 29.5 Å². The number of rotatable bonds is 11. The van der Waals surface area contributed by atoms with E-state index in [4.69, 9.17) is 14.2 Å². The van der Waals surface area contributed by atoms with E-state index in [-0.39, 0.29) is 0 Å². The molecule has 0 aliphatic carbocycles. The first-order chi connectivity index (χ1) is 11.7. The molecule has 0 N–H and O–H groups in total. The summed E-state index contributed by atoms with van der Waals surface area (Å²) in [5.74, 6) is 0. The third kappa shape index (κ3) is 6.39. The lowest BCUT2D eigenvalue weighted by atomic mass is 10.1. The van der Waals surface area contributed by atoms with Crippen LogP contribution in [-0.4, -0.2) is 34.8 Å². The van der Waals surface area contributed by atoms with Crippen LogP contribution >= 0.6 is 0 Å². The maximum Gasteiger partial charge on any atom is 0.108 e. The molecular weight excluding hydrogens is 306 g/mol. The molecule has 6 heteroatoms. The lowest BCUT2D eigenvalue weighted by Gasteiger charge is -2.06. The van der Waals surface area contributed by atoms with Crippen LogP contribution < -0.4 is 0 Å². The van der Waals surface area contributed by atoms with Crippen LogP contribution in [0.5, 0.6) is 0 Å². The summed E-state index contributed by atoms with van der Waals surface area (Å²) in [5.41, 5.74) is 3.13. The van der Waals surface area contributed by atoms with Gasteiger partial charge in [-0.2, -0.15) is 0 Å². The van der Waals surface area contributed by atoms with Gasteiger partial charge < -0.3 is 14.2 Å². The summed E-state index contributed by atoms with van der Waals surface area (Å²) >= 11 is 0. The Labute approximate surface area is 143 Å². The molecule has 24 heavy (non-hydrogen) atoms. The second-order valence-electron chi connectivity index (χ2n) is 5.84. The first kappa shape index (κ1) is 18.6. The second-order valence-corrected chi connectivity index (χ2v) is 5.84. The van der Waals surface area contributed by atoms with Crippen molar-refractivity contribution in [2.75, 3.05) is 19.8 Å². The van der Waals surface area contributed by atoms with Crippen molar-refractivity contribution in [3.8, 4) is 0 Å². The van der Waals surface area contributed by atoms with Crippen LogP contribution in [0, 0.1) is 0 Å². The van der Waals surface area contributed by atoms with Crippen molar-refractivity contribution in [2.24, 2.45) is 0 Å². The molecule has 2 rings (SSSR count). The Morgan fingerprint density at radius 2 is 1.54 bits per heavy atom. The number of benzene rings is 1. The molecule has 0 saturated carbocycles. The van der Waals surface area contributed by atoms with Gasteiger partial charge in [0.15, 0.2) is 0 Å². The molecular formula is C18H27N3O3. The monoisotopic (exact) mass is 333 g/mol. The maximum atomic E-state index is 5.70. The van der Waals surface area contributed by atoms with Gasteiger partial charge in [0, 0.05) is 12.6 Å². The normalized spacial score (nSPS) is 11.3. The first-order valence-electron chi connectivity index (χ1n) is 8.40. The topological polar surface area (TPSA) is 58.4 Å². The predicted octanol–water partition coefficient (Wildman–Crippen LogP) is 3.13. The molecule has 0 atom stereocenters. The molecule has 1 aromatic carbocycles. The van der Waals surface area contributed by atoms with Gasteiger partial charge in [0.05, 0.1) is 39.2 Å². The molecule has 0 unspecified atom stereocenters. The second kappa shape index (κ2) is 10.2. The van der Waals surface area contributed by atoms with E-state index < -0.39 is 0 Å². The minimum absolute atomic E-state index is 0.314. The van der Waals surface area contributed by atoms with Crippen molar-refractivity contribution < 1.29 is 14.2 Å². The van der Waals surface area contributed by atoms with Crippen molar-refractivity contribution >= 4 is 0 Å². The number of nitrogens with zero attached hydrogens (tertiary/aromatic N) is 3. The summed E-state index contributed by atoms with van der Waals surface area (Å²) in [5, 5.41) is 8.16. The molecule has 0 bridgehead atoms. The van der Waals surface area contributed by atoms with E-state index in [0.29, 0.717) is 39.1 Å². The molecule has 1 aromatic heterocycles. The SMILES string of the molecule is CCOCCOCc1ccc(COCc2cn(C(C)C)nn2)cc1. The van der Waals surface area contributed by atoms with Gasteiger partial charge in [-0.15, -0.1) is 5.10 Å². The van der Waals surface area contributed by atoms with Crippen molar-refractivity contribution in [1.82, 2.24) is 15.0 Å². The number of ether oxygens (including phenoxy) is 3. The molecule has 6 nitrogen and oxygen atoms in total. The molecule has 1 heterocycles. The van der Waals surface area contributed by atoms with Gasteiger partial charge >= 0.3 is 0 Å². The van der Waals surface area contributed by atoms with E-state index in [9.17, 15) is 0 Å². The Balaban J connectivity index is 1.67. The Morgan fingerprint density at radius 1 is 0.917 bits per heavy atom. The minimum Gasteiger partial charge on any atom is -0.379 e. The molecule has 0 fully saturated rings. The average Bonchev–Trinajstić information content (AvgIpc) is 3.05. The van der Waals surface area contributed by atoms with Gasteiger partial charge in [0.25, 0.3) is 0 Å². The number of hydrogen-bond donors (Lipinski definition) is 0. The highest BCUT2D eigenvalue weighted by molar-refractivity contribution is 5.21. The average molecular weight is 333 g/mol. The predicted molar refractivity (Wildman–Crippen MR) is 91.5 cm³/mol. The Morgan fingerprint density at radius 3 is 2.12 bits per heavy atom. The van der Waals surface area contributed by atoms with E-state index in [1.165, 1.54) is 0 Å². The van der Waals surface area contributed by atoms with E-state index >= 15 is 0 Å². The number of hydrogen-bond acceptors (Lipinski definition) is 5. The summed E-state index contributed by atoms with van der Waals surface area (Å²) in [6.07, 6.45) is 1.92. The quantitative estimate of drug-likeness (QED) is 0.591. The lowest BCUT2D eigenvalue weighted by molar-refractivity contribution is 0.0452. The number of aromatic nitrogens is 3. The molecule has 0 spiro atoms. The van der Waals surface area contributed by atoms with Gasteiger partial charge in [0.2, 0.25) is 0 Å². The van der Waals surface area contributed by atoms with Crippen LogP contribution in [0.4, 0.5) is 0 Å². The van der Waals surface area contributed by atoms with Crippen LogP contribution in [0.2, 0.25) is 0 Å². The summed E-state index contributed by atoms with van der Waals surface area (Å²) in [7, 11) is 0. The van der Waals surface area contributed by atoms with Gasteiger partial charge in [-0.3, -0.25) is 0 Å². The van der Waals surface area contributed by atoms with E-state index in [0.717, 1.165) is 23.4 Å². The third-order valence-corrected chi connectivity index (χ3v) is 3.47. The van der Waals surface area contributed by atoms with Gasteiger partial charge in [-0.05, 0) is 31.9 Å². The highest BCUT2D eigenvalue weighted by Gasteiger charge is 2.04. The van der Waals surface area contributed by atoms with Crippen LogP contribution in [0.1, 0.15) is 43.6 Å².